The highest BCUT2D eigenvalue weighted by Crippen LogP contribution is 2.28. The van der Waals surface area contributed by atoms with Crippen LogP contribution in [0, 0.1) is 11.8 Å². The summed E-state index contributed by atoms with van der Waals surface area (Å²) in [7, 11) is 0. The molecule has 1 fully saturated rings. The third kappa shape index (κ3) is 1.70. The summed E-state index contributed by atoms with van der Waals surface area (Å²) >= 11 is 0. The van der Waals surface area contributed by atoms with E-state index in [4.69, 9.17) is 10.2 Å². The second-order valence-corrected chi connectivity index (χ2v) is 3.17. The van der Waals surface area contributed by atoms with Crippen molar-refractivity contribution in [2.75, 3.05) is 13.2 Å². The summed E-state index contributed by atoms with van der Waals surface area (Å²) in [5.74, 6) is 0.748. The molecule has 0 heterocycles. The number of aliphatic hydroxyl groups excluding tert-OH is 2. The van der Waals surface area contributed by atoms with E-state index in [9.17, 15) is 0 Å². The molecule has 1 rings (SSSR count). The van der Waals surface area contributed by atoms with Gasteiger partial charge in [0.25, 0.3) is 0 Å². The fourth-order valence-corrected chi connectivity index (χ4v) is 1.77. The second kappa shape index (κ2) is 3.94. The van der Waals surface area contributed by atoms with Crippen molar-refractivity contribution in [3.8, 4) is 0 Å². The smallest absolute Gasteiger partial charge is 0.0462 e. The summed E-state index contributed by atoms with van der Waals surface area (Å²) in [6.45, 7) is 0.510. The van der Waals surface area contributed by atoms with Crippen molar-refractivity contribution < 1.29 is 10.2 Å². The van der Waals surface area contributed by atoms with Gasteiger partial charge >= 0.3 is 0 Å². The summed E-state index contributed by atoms with van der Waals surface area (Å²) in [5.41, 5.74) is 0. The molecule has 2 unspecified atom stereocenters. The Morgan fingerprint density at radius 3 is 1.60 bits per heavy atom. The van der Waals surface area contributed by atoms with Gasteiger partial charge in [-0.3, -0.25) is 0 Å². The highest BCUT2D eigenvalue weighted by Gasteiger charge is 2.23. The van der Waals surface area contributed by atoms with Crippen LogP contribution in [-0.2, 0) is 0 Å². The zero-order chi connectivity index (χ0) is 7.40. The fraction of sp³-hybridized carbons (Fsp3) is 1.00. The summed E-state index contributed by atoms with van der Waals surface area (Å²) in [4.78, 5) is 0. The molecule has 10 heavy (non-hydrogen) atoms. The molecule has 0 saturated heterocycles. The standard InChI is InChI=1S/C8H16O2/c9-5-7-3-1-2-4-8(7)6-10/h7-10H,1-6H2. The lowest BCUT2D eigenvalue weighted by molar-refractivity contribution is 0.0869. The molecule has 60 valence electrons. The quantitative estimate of drug-likeness (QED) is 0.601. The van der Waals surface area contributed by atoms with Gasteiger partial charge in [-0.05, 0) is 24.7 Å². The highest BCUT2D eigenvalue weighted by molar-refractivity contribution is 4.73. The molecule has 0 bridgehead atoms. The van der Waals surface area contributed by atoms with Gasteiger partial charge in [-0.15, -0.1) is 0 Å². The maximum atomic E-state index is 8.88. The second-order valence-electron chi connectivity index (χ2n) is 3.17. The molecule has 2 N–H and O–H groups in total. The minimum Gasteiger partial charge on any atom is -0.396 e. The minimum absolute atomic E-state index is 0.255. The van der Waals surface area contributed by atoms with Gasteiger partial charge in [0, 0.05) is 13.2 Å². The van der Waals surface area contributed by atoms with Gasteiger partial charge in [0.1, 0.15) is 0 Å². The topological polar surface area (TPSA) is 40.5 Å². The molecule has 0 amide bonds. The van der Waals surface area contributed by atoms with Crippen LogP contribution in [-0.4, -0.2) is 23.4 Å². The van der Waals surface area contributed by atoms with Crippen LogP contribution in [0.1, 0.15) is 25.7 Å². The highest BCUT2D eigenvalue weighted by atomic mass is 16.3. The van der Waals surface area contributed by atoms with E-state index in [1.807, 2.05) is 0 Å². The molecule has 0 radical (unpaired) electrons. The molecule has 0 aliphatic heterocycles. The molecule has 2 heteroatoms. The summed E-state index contributed by atoms with van der Waals surface area (Å²) < 4.78 is 0. The first-order chi connectivity index (χ1) is 4.88. The third-order valence-electron chi connectivity index (χ3n) is 2.54. The lowest BCUT2D eigenvalue weighted by Gasteiger charge is -2.28. The van der Waals surface area contributed by atoms with E-state index >= 15 is 0 Å². The van der Waals surface area contributed by atoms with Crippen LogP contribution in [0.5, 0.6) is 0 Å². The molecule has 1 aliphatic rings. The molecule has 0 aromatic carbocycles. The van der Waals surface area contributed by atoms with E-state index in [-0.39, 0.29) is 13.2 Å². The van der Waals surface area contributed by atoms with E-state index < -0.39 is 0 Å². The van der Waals surface area contributed by atoms with Crippen LogP contribution in [0.4, 0.5) is 0 Å². The molecule has 0 spiro atoms. The zero-order valence-electron chi connectivity index (χ0n) is 6.29. The number of hydrogen-bond acceptors (Lipinski definition) is 2. The molecule has 0 aromatic rings. The molecule has 2 nitrogen and oxygen atoms in total. The first-order valence-corrected chi connectivity index (χ1v) is 4.10. The zero-order valence-corrected chi connectivity index (χ0v) is 6.29. The van der Waals surface area contributed by atoms with Crippen molar-refractivity contribution in [1.82, 2.24) is 0 Å². The SMILES string of the molecule is OCC1CCCCC1CO. The normalized spacial score (nSPS) is 34.2. The van der Waals surface area contributed by atoms with E-state index in [1.54, 1.807) is 0 Å². The Labute approximate surface area is 61.9 Å². The van der Waals surface area contributed by atoms with Crippen molar-refractivity contribution in [1.29, 1.82) is 0 Å². The van der Waals surface area contributed by atoms with Gasteiger partial charge in [-0.2, -0.15) is 0 Å². The predicted molar refractivity (Wildman–Crippen MR) is 39.6 cm³/mol. The Morgan fingerprint density at radius 2 is 1.30 bits per heavy atom. The van der Waals surface area contributed by atoms with Crippen molar-refractivity contribution >= 4 is 0 Å². The molecule has 0 aromatic heterocycles. The molecular formula is C8H16O2. The molecule has 2 atom stereocenters. The average Bonchev–Trinajstić information content (AvgIpc) is 2.04. The van der Waals surface area contributed by atoms with Gasteiger partial charge in [0.15, 0.2) is 0 Å². The van der Waals surface area contributed by atoms with E-state index in [1.165, 1.54) is 12.8 Å². The van der Waals surface area contributed by atoms with Crippen LogP contribution in [0.2, 0.25) is 0 Å². The minimum atomic E-state index is 0.255. The largest absolute Gasteiger partial charge is 0.396 e. The van der Waals surface area contributed by atoms with Crippen molar-refractivity contribution in [3.05, 3.63) is 0 Å². The lowest BCUT2D eigenvalue weighted by atomic mass is 9.80. The van der Waals surface area contributed by atoms with Gasteiger partial charge in [0.2, 0.25) is 0 Å². The molecular weight excluding hydrogens is 128 g/mol. The Morgan fingerprint density at radius 1 is 0.900 bits per heavy atom. The Hall–Kier alpha value is -0.0800. The van der Waals surface area contributed by atoms with Crippen LogP contribution >= 0.6 is 0 Å². The van der Waals surface area contributed by atoms with E-state index in [2.05, 4.69) is 0 Å². The average molecular weight is 144 g/mol. The van der Waals surface area contributed by atoms with Crippen LogP contribution < -0.4 is 0 Å². The van der Waals surface area contributed by atoms with E-state index in [0.29, 0.717) is 11.8 Å². The fourth-order valence-electron chi connectivity index (χ4n) is 1.77. The van der Waals surface area contributed by atoms with Crippen molar-refractivity contribution in [2.24, 2.45) is 11.8 Å². The Bertz CT molecular complexity index is 81.3. The third-order valence-corrected chi connectivity index (χ3v) is 2.54. The Kier molecular flexibility index (Phi) is 3.16. The van der Waals surface area contributed by atoms with Crippen LogP contribution in [0.25, 0.3) is 0 Å². The maximum absolute atomic E-state index is 8.88. The first kappa shape index (κ1) is 8.02. The molecule has 1 saturated carbocycles. The molecule has 1 aliphatic carbocycles. The first-order valence-electron chi connectivity index (χ1n) is 4.10. The van der Waals surface area contributed by atoms with Gasteiger partial charge in [-0.1, -0.05) is 12.8 Å². The summed E-state index contributed by atoms with van der Waals surface area (Å²) in [6.07, 6.45) is 4.65. The van der Waals surface area contributed by atoms with Crippen molar-refractivity contribution in [2.45, 2.75) is 25.7 Å². The summed E-state index contributed by atoms with van der Waals surface area (Å²) in [5, 5.41) is 17.8. The van der Waals surface area contributed by atoms with Crippen LogP contribution in [0.15, 0.2) is 0 Å². The number of rotatable bonds is 2. The van der Waals surface area contributed by atoms with Gasteiger partial charge in [-0.25, -0.2) is 0 Å². The number of hydrogen-bond donors (Lipinski definition) is 2. The Balaban J connectivity index is 2.34. The number of aliphatic hydroxyl groups is 2. The predicted octanol–water partition coefficient (Wildman–Crippen LogP) is 0.777. The lowest BCUT2D eigenvalue weighted by Crippen LogP contribution is -2.25. The monoisotopic (exact) mass is 144 g/mol. The van der Waals surface area contributed by atoms with Crippen LogP contribution in [0.3, 0.4) is 0 Å². The maximum Gasteiger partial charge on any atom is 0.0462 e. The van der Waals surface area contributed by atoms with Crippen molar-refractivity contribution in [3.63, 3.8) is 0 Å². The summed E-state index contributed by atoms with van der Waals surface area (Å²) in [6, 6.07) is 0. The van der Waals surface area contributed by atoms with Gasteiger partial charge in [0.05, 0.1) is 0 Å². The van der Waals surface area contributed by atoms with E-state index in [0.717, 1.165) is 12.8 Å². The van der Waals surface area contributed by atoms with Gasteiger partial charge < -0.3 is 10.2 Å².